The average Bonchev–Trinajstić information content (AvgIpc) is 2.96. The quantitative estimate of drug-likeness (QED) is 0.586. The van der Waals surface area contributed by atoms with Crippen LogP contribution in [0.25, 0.3) is 0 Å². The summed E-state index contributed by atoms with van der Waals surface area (Å²) in [6, 6.07) is 0. The monoisotopic (exact) mass is 358 g/mol. The lowest BCUT2D eigenvalue weighted by molar-refractivity contribution is -0.137. The van der Waals surface area contributed by atoms with Gasteiger partial charge < -0.3 is 5.11 Å². The van der Waals surface area contributed by atoms with Crippen molar-refractivity contribution in [2.24, 2.45) is 40.4 Å². The van der Waals surface area contributed by atoms with Crippen LogP contribution in [0, 0.1) is 40.4 Å². The van der Waals surface area contributed by atoms with Crippen LogP contribution in [-0.2, 0) is 4.79 Å². The molecule has 2 nitrogen and oxygen atoms in total. The summed E-state index contributed by atoms with van der Waals surface area (Å²) in [7, 11) is 0. The van der Waals surface area contributed by atoms with Crippen molar-refractivity contribution in [2.75, 3.05) is 0 Å². The molecule has 0 amide bonds. The first kappa shape index (κ1) is 18.6. The smallest absolute Gasteiger partial charge is 0.303 e. The van der Waals surface area contributed by atoms with Crippen molar-refractivity contribution >= 4 is 5.97 Å². The maximum Gasteiger partial charge on any atom is 0.303 e. The number of carbonyl (C=O) groups is 1. The summed E-state index contributed by atoms with van der Waals surface area (Å²) in [4.78, 5) is 11.0. The second-order valence-corrected chi connectivity index (χ2v) is 10.6. The SMILES string of the molecule is C=C(CCC(=O)O)C1CCC2C3CCC4CCCCC4(C)C3CCC12C. The Morgan fingerprint density at radius 2 is 1.69 bits per heavy atom. The maximum absolute atomic E-state index is 11.0. The van der Waals surface area contributed by atoms with Gasteiger partial charge in [0.1, 0.15) is 0 Å². The van der Waals surface area contributed by atoms with E-state index >= 15 is 0 Å². The van der Waals surface area contributed by atoms with Crippen LogP contribution in [0.2, 0.25) is 0 Å². The van der Waals surface area contributed by atoms with Crippen molar-refractivity contribution in [3.63, 3.8) is 0 Å². The van der Waals surface area contributed by atoms with Gasteiger partial charge in [0.15, 0.2) is 0 Å². The van der Waals surface area contributed by atoms with Crippen LogP contribution in [0.3, 0.4) is 0 Å². The van der Waals surface area contributed by atoms with Crippen molar-refractivity contribution < 1.29 is 9.90 Å². The molecule has 0 aromatic heterocycles. The summed E-state index contributed by atoms with van der Waals surface area (Å²) in [6.07, 6.45) is 15.1. The first-order valence-electron chi connectivity index (χ1n) is 11.3. The Morgan fingerprint density at radius 1 is 0.923 bits per heavy atom. The lowest BCUT2D eigenvalue weighted by atomic mass is 9.44. The van der Waals surface area contributed by atoms with Crippen molar-refractivity contribution in [1.29, 1.82) is 0 Å². The summed E-state index contributed by atoms with van der Waals surface area (Å²) < 4.78 is 0. The second kappa shape index (κ2) is 6.67. The highest BCUT2D eigenvalue weighted by atomic mass is 16.4. The summed E-state index contributed by atoms with van der Waals surface area (Å²) in [6.45, 7) is 9.55. The van der Waals surface area contributed by atoms with E-state index < -0.39 is 5.97 Å². The zero-order chi connectivity index (χ0) is 18.5. The Balaban J connectivity index is 1.53. The molecule has 4 saturated carbocycles. The number of aliphatic carboxylic acids is 1. The van der Waals surface area contributed by atoms with Gasteiger partial charge in [-0.3, -0.25) is 4.79 Å². The zero-order valence-corrected chi connectivity index (χ0v) is 16.9. The van der Waals surface area contributed by atoms with Gasteiger partial charge in [-0.1, -0.05) is 38.8 Å². The third-order valence-corrected chi connectivity index (χ3v) is 9.74. The van der Waals surface area contributed by atoms with E-state index in [1.165, 1.54) is 69.8 Å². The van der Waals surface area contributed by atoms with Crippen molar-refractivity contribution in [1.82, 2.24) is 0 Å². The molecule has 4 aliphatic carbocycles. The molecular formula is C24H38O2. The minimum absolute atomic E-state index is 0.252. The molecule has 0 spiro atoms. The van der Waals surface area contributed by atoms with Crippen molar-refractivity contribution in [3.05, 3.63) is 12.2 Å². The molecule has 146 valence electrons. The van der Waals surface area contributed by atoms with Gasteiger partial charge in [-0.15, -0.1) is 0 Å². The van der Waals surface area contributed by atoms with Crippen LogP contribution in [-0.4, -0.2) is 11.1 Å². The van der Waals surface area contributed by atoms with Crippen LogP contribution in [0.1, 0.15) is 90.9 Å². The Bertz CT molecular complexity index is 581. The molecule has 0 aromatic carbocycles. The number of carboxylic acid groups (broad SMARTS) is 1. The predicted molar refractivity (Wildman–Crippen MR) is 106 cm³/mol. The topological polar surface area (TPSA) is 37.3 Å². The van der Waals surface area contributed by atoms with E-state index in [2.05, 4.69) is 20.4 Å². The van der Waals surface area contributed by atoms with E-state index in [9.17, 15) is 4.79 Å². The van der Waals surface area contributed by atoms with Gasteiger partial charge in [0.05, 0.1) is 0 Å². The van der Waals surface area contributed by atoms with Crippen LogP contribution in [0.5, 0.6) is 0 Å². The molecule has 1 N–H and O–H groups in total. The fourth-order valence-electron chi connectivity index (χ4n) is 8.41. The first-order chi connectivity index (χ1) is 12.4. The number of allylic oxidation sites excluding steroid dienone is 1. The van der Waals surface area contributed by atoms with Gasteiger partial charge in [0.25, 0.3) is 0 Å². The van der Waals surface area contributed by atoms with Crippen molar-refractivity contribution in [3.8, 4) is 0 Å². The molecule has 7 unspecified atom stereocenters. The third kappa shape index (κ3) is 2.78. The molecule has 0 bridgehead atoms. The molecule has 26 heavy (non-hydrogen) atoms. The Labute approximate surface area is 159 Å². The van der Waals surface area contributed by atoms with E-state index in [0.29, 0.717) is 23.2 Å². The Kier molecular flexibility index (Phi) is 4.77. The van der Waals surface area contributed by atoms with Crippen molar-refractivity contribution in [2.45, 2.75) is 90.9 Å². The van der Waals surface area contributed by atoms with E-state index in [-0.39, 0.29) is 6.42 Å². The number of fused-ring (bicyclic) bond motifs is 5. The van der Waals surface area contributed by atoms with E-state index in [0.717, 1.165) is 23.7 Å². The fourth-order valence-corrected chi connectivity index (χ4v) is 8.41. The minimum Gasteiger partial charge on any atom is -0.481 e. The molecule has 0 radical (unpaired) electrons. The van der Waals surface area contributed by atoms with Gasteiger partial charge in [-0.25, -0.2) is 0 Å². The molecule has 4 fully saturated rings. The number of rotatable bonds is 4. The summed E-state index contributed by atoms with van der Waals surface area (Å²) in [5.41, 5.74) is 2.23. The summed E-state index contributed by atoms with van der Waals surface area (Å²) >= 11 is 0. The first-order valence-corrected chi connectivity index (χ1v) is 11.3. The Hall–Kier alpha value is -0.790. The van der Waals surface area contributed by atoms with Crippen LogP contribution >= 0.6 is 0 Å². The third-order valence-electron chi connectivity index (χ3n) is 9.74. The molecule has 2 heteroatoms. The number of carboxylic acids is 1. The number of hydrogen-bond donors (Lipinski definition) is 1. The Morgan fingerprint density at radius 3 is 2.46 bits per heavy atom. The summed E-state index contributed by atoms with van der Waals surface area (Å²) in [5, 5.41) is 9.05. The minimum atomic E-state index is -0.682. The highest BCUT2D eigenvalue weighted by molar-refractivity contribution is 5.67. The van der Waals surface area contributed by atoms with Crippen LogP contribution < -0.4 is 0 Å². The zero-order valence-electron chi connectivity index (χ0n) is 16.9. The highest BCUT2D eigenvalue weighted by Crippen LogP contribution is 2.68. The number of hydrogen-bond acceptors (Lipinski definition) is 1. The largest absolute Gasteiger partial charge is 0.481 e. The second-order valence-electron chi connectivity index (χ2n) is 10.6. The van der Waals surface area contributed by atoms with E-state index in [4.69, 9.17) is 5.11 Å². The van der Waals surface area contributed by atoms with Gasteiger partial charge in [0, 0.05) is 6.42 Å². The van der Waals surface area contributed by atoms with Gasteiger partial charge >= 0.3 is 5.97 Å². The van der Waals surface area contributed by atoms with Crippen LogP contribution in [0.4, 0.5) is 0 Å². The van der Waals surface area contributed by atoms with Gasteiger partial charge in [-0.2, -0.15) is 0 Å². The maximum atomic E-state index is 11.0. The molecule has 0 aliphatic heterocycles. The summed E-state index contributed by atoms with van der Waals surface area (Å²) in [5.74, 6) is 3.59. The molecule has 0 saturated heterocycles. The molecule has 0 heterocycles. The van der Waals surface area contributed by atoms with Gasteiger partial charge in [-0.05, 0) is 98.2 Å². The van der Waals surface area contributed by atoms with E-state index in [1.54, 1.807) is 0 Å². The molecule has 4 aliphatic rings. The van der Waals surface area contributed by atoms with E-state index in [1.807, 2.05) is 0 Å². The predicted octanol–water partition coefficient (Wildman–Crippen LogP) is 6.46. The highest BCUT2D eigenvalue weighted by Gasteiger charge is 2.59. The lowest BCUT2D eigenvalue weighted by Gasteiger charge is -2.60. The van der Waals surface area contributed by atoms with Gasteiger partial charge in [0.2, 0.25) is 0 Å². The molecule has 4 rings (SSSR count). The average molecular weight is 359 g/mol. The normalized spacial score (nSPS) is 47.5. The standard InChI is InChI=1S/C24H38O2/c1-16(7-12-22(25)26)19-10-11-20-18-9-8-17-6-4-5-14-23(17,2)21(18)13-15-24(19,20)3/h17-21H,1,4-15H2,2-3H3,(H,25,26). The van der Waals surface area contributed by atoms with Crippen LogP contribution in [0.15, 0.2) is 12.2 Å². The lowest BCUT2D eigenvalue weighted by Crippen LogP contribution is -2.52. The molecule has 0 aromatic rings. The molecular weight excluding hydrogens is 320 g/mol. The fraction of sp³-hybridized carbons (Fsp3) is 0.875. The molecule has 7 atom stereocenters.